The van der Waals surface area contributed by atoms with E-state index in [2.05, 4.69) is 25.8 Å². The van der Waals surface area contributed by atoms with Crippen LogP contribution >= 0.6 is 27.3 Å². The fraction of sp³-hybridized carbons (Fsp3) is 0.250. The molecule has 2 rings (SSSR count). The zero-order chi connectivity index (χ0) is 12.4. The van der Waals surface area contributed by atoms with E-state index in [1.807, 2.05) is 37.7 Å². The molecule has 17 heavy (non-hydrogen) atoms. The van der Waals surface area contributed by atoms with Gasteiger partial charge in [0.15, 0.2) is 0 Å². The van der Waals surface area contributed by atoms with Crippen molar-refractivity contribution in [1.82, 2.24) is 4.98 Å². The summed E-state index contributed by atoms with van der Waals surface area (Å²) < 4.78 is 1.00. The zero-order valence-corrected chi connectivity index (χ0v) is 12.2. The molecule has 3 nitrogen and oxygen atoms in total. The maximum Gasteiger partial charge on any atom is 0.0798 e. The van der Waals surface area contributed by atoms with Gasteiger partial charge in [0, 0.05) is 16.4 Å². The van der Waals surface area contributed by atoms with E-state index in [0.29, 0.717) is 0 Å². The Balaban J connectivity index is 2.20. The van der Waals surface area contributed by atoms with Gasteiger partial charge in [-0.05, 0) is 25.1 Å². The second-order valence-corrected chi connectivity index (χ2v) is 5.78. The van der Waals surface area contributed by atoms with Crippen molar-refractivity contribution in [2.75, 3.05) is 17.7 Å². The molecule has 0 spiro atoms. The number of anilines is 2. The van der Waals surface area contributed by atoms with Crippen LogP contribution in [0.4, 0.5) is 11.4 Å². The van der Waals surface area contributed by atoms with E-state index in [1.54, 1.807) is 11.3 Å². The minimum absolute atomic E-state index is 0.782. The Morgan fingerprint density at radius 3 is 2.82 bits per heavy atom. The molecule has 0 unspecified atom stereocenters. The third-order valence-corrected chi connectivity index (χ3v) is 4.04. The predicted molar refractivity (Wildman–Crippen MR) is 77.5 cm³/mol. The van der Waals surface area contributed by atoms with Gasteiger partial charge in [0.1, 0.15) is 0 Å². The van der Waals surface area contributed by atoms with Crippen LogP contribution in [0, 0.1) is 6.92 Å². The van der Waals surface area contributed by atoms with Crippen LogP contribution in [0.2, 0.25) is 0 Å². The summed E-state index contributed by atoms with van der Waals surface area (Å²) in [6, 6.07) is 5.95. The molecular formula is C12H14BrN3S. The zero-order valence-electron chi connectivity index (χ0n) is 9.77. The summed E-state index contributed by atoms with van der Waals surface area (Å²) >= 11 is 5.09. The molecule has 2 N–H and O–H groups in total. The molecule has 90 valence electrons. The van der Waals surface area contributed by atoms with Gasteiger partial charge in [-0.3, -0.25) is 0 Å². The van der Waals surface area contributed by atoms with E-state index < -0.39 is 0 Å². The van der Waals surface area contributed by atoms with Crippen LogP contribution in [-0.2, 0) is 6.54 Å². The molecule has 1 aromatic heterocycles. The van der Waals surface area contributed by atoms with Crippen molar-refractivity contribution in [2.24, 2.45) is 0 Å². The van der Waals surface area contributed by atoms with Gasteiger partial charge in [0.25, 0.3) is 0 Å². The van der Waals surface area contributed by atoms with Gasteiger partial charge in [-0.1, -0.05) is 15.9 Å². The quantitative estimate of drug-likeness (QED) is 0.883. The van der Waals surface area contributed by atoms with Crippen LogP contribution in [0.1, 0.15) is 10.6 Å². The Hall–Kier alpha value is -1.07. The van der Waals surface area contributed by atoms with Crippen molar-refractivity contribution in [1.29, 1.82) is 0 Å². The Kier molecular flexibility index (Phi) is 3.69. The summed E-state index contributed by atoms with van der Waals surface area (Å²) in [6.45, 7) is 2.87. The van der Waals surface area contributed by atoms with E-state index in [1.165, 1.54) is 4.88 Å². The van der Waals surface area contributed by atoms with Crippen molar-refractivity contribution in [2.45, 2.75) is 13.5 Å². The summed E-state index contributed by atoms with van der Waals surface area (Å²) in [5.74, 6) is 0. The molecule has 0 bridgehead atoms. The Bertz CT molecular complexity index is 524. The highest BCUT2D eigenvalue weighted by molar-refractivity contribution is 9.10. The summed E-state index contributed by atoms with van der Waals surface area (Å²) in [5.41, 5.74) is 10.8. The number of aryl methyl sites for hydroxylation is 1. The van der Waals surface area contributed by atoms with E-state index in [-0.39, 0.29) is 0 Å². The molecule has 0 aliphatic carbocycles. The highest BCUT2D eigenvalue weighted by atomic mass is 79.9. The Morgan fingerprint density at radius 1 is 1.47 bits per heavy atom. The first-order chi connectivity index (χ1) is 8.08. The lowest BCUT2D eigenvalue weighted by Crippen LogP contribution is -2.17. The van der Waals surface area contributed by atoms with Crippen molar-refractivity contribution in [3.8, 4) is 0 Å². The fourth-order valence-electron chi connectivity index (χ4n) is 1.65. The largest absolute Gasteiger partial charge is 0.397 e. The Morgan fingerprint density at radius 2 is 2.24 bits per heavy atom. The number of nitrogens with zero attached hydrogens (tertiary/aromatic N) is 2. The molecule has 0 saturated carbocycles. The minimum Gasteiger partial charge on any atom is -0.397 e. The molecule has 0 aliphatic heterocycles. The van der Waals surface area contributed by atoms with Crippen molar-refractivity contribution < 1.29 is 0 Å². The standard InChI is InChI=1S/C12H14BrN3S/c1-8-12(17-7-15-8)6-16(2)11-4-3-9(13)5-10(11)14/h3-5,7H,6,14H2,1-2H3. The normalized spacial score (nSPS) is 10.5. The van der Waals surface area contributed by atoms with Crippen LogP contribution in [0.25, 0.3) is 0 Å². The summed E-state index contributed by atoms with van der Waals surface area (Å²) in [4.78, 5) is 7.67. The molecule has 0 fully saturated rings. The monoisotopic (exact) mass is 311 g/mol. The number of nitrogens with two attached hydrogens (primary N) is 1. The average Bonchev–Trinajstić information content (AvgIpc) is 2.64. The van der Waals surface area contributed by atoms with Crippen molar-refractivity contribution in [3.63, 3.8) is 0 Å². The molecule has 2 aromatic rings. The average molecular weight is 312 g/mol. The fourth-order valence-corrected chi connectivity index (χ4v) is 2.86. The second kappa shape index (κ2) is 5.06. The van der Waals surface area contributed by atoms with Crippen LogP contribution in [0.3, 0.4) is 0 Å². The number of thiazole rings is 1. The molecule has 1 heterocycles. The number of hydrogen-bond donors (Lipinski definition) is 1. The van der Waals surface area contributed by atoms with Crippen molar-refractivity contribution >= 4 is 38.6 Å². The van der Waals surface area contributed by atoms with Gasteiger partial charge in [-0.15, -0.1) is 11.3 Å². The van der Waals surface area contributed by atoms with Crippen molar-refractivity contribution in [3.05, 3.63) is 38.8 Å². The smallest absolute Gasteiger partial charge is 0.0798 e. The van der Waals surface area contributed by atoms with Gasteiger partial charge in [0.2, 0.25) is 0 Å². The maximum atomic E-state index is 6.01. The van der Waals surface area contributed by atoms with Gasteiger partial charge >= 0.3 is 0 Å². The van der Waals surface area contributed by atoms with Gasteiger partial charge in [-0.2, -0.15) is 0 Å². The number of rotatable bonds is 3. The third kappa shape index (κ3) is 2.79. The number of hydrogen-bond acceptors (Lipinski definition) is 4. The van der Waals surface area contributed by atoms with E-state index in [9.17, 15) is 0 Å². The summed E-state index contributed by atoms with van der Waals surface area (Å²) in [5, 5.41) is 0. The molecule has 1 aromatic carbocycles. The van der Waals surface area contributed by atoms with Gasteiger partial charge in [-0.25, -0.2) is 4.98 Å². The first-order valence-electron chi connectivity index (χ1n) is 5.23. The third-order valence-electron chi connectivity index (χ3n) is 2.63. The van der Waals surface area contributed by atoms with E-state index in [4.69, 9.17) is 5.73 Å². The molecule has 5 heteroatoms. The summed E-state index contributed by atoms with van der Waals surface area (Å²) in [6.07, 6.45) is 0. The summed E-state index contributed by atoms with van der Waals surface area (Å²) in [7, 11) is 2.04. The molecule has 0 radical (unpaired) electrons. The van der Waals surface area contributed by atoms with Gasteiger partial charge < -0.3 is 10.6 Å². The van der Waals surface area contributed by atoms with E-state index in [0.717, 1.165) is 28.1 Å². The Labute approximate surface area is 113 Å². The lowest BCUT2D eigenvalue weighted by Gasteiger charge is -2.20. The number of halogens is 1. The second-order valence-electron chi connectivity index (χ2n) is 3.92. The van der Waals surface area contributed by atoms with Crippen LogP contribution in [0.15, 0.2) is 28.2 Å². The molecule has 0 amide bonds. The topological polar surface area (TPSA) is 42.2 Å². The molecular weight excluding hydrogens is 298 g/mol. The highest BCUT2D eigenvalue weighted by Gasteiger charge is 2.09. The van der Waals surface area contributed by atoms with Crippen LogP contribution in [0.5, 0.6) is 0 Å². The first-order valence-corrected chi connectivity index (χ1v) is 6.90. The molecule has 0 saturated heterocycles. The van der Waals surface area contributed by atoms with E-state index >= 15 is 0 Å². The number of aromatic nitrogens is 1. The SMILES string of the molecule is Cc1ncsc1CN(C)c1ccc(Br)cc1N. The van der Waals surface area contributed by atoms with Crippen LogP contribution in [-0.4, -0.2) is 12.0 Å². The molecule has 0 atom stereocenters. The highest BCUT2D eigenvalue weighted by Crippen LogP contribution is 2.27. The lowest BCUT2D eigenvalue weighted by molar-refractivity contribution is 0.927. The first kappa shape index (κ1) is 12.4. The lowest BCUT2D eigenvalue weighted by atomic mass is 10.2. The predicted octanol–water partition coefficient (Wildman–Crippen LogP) is 3.43. The minimum atomic E-state index is 0.782. The van der Waals surface area contributed by atoms with Gasteiger partial charge in [0.05, 0.1) is 29.1 Å². The molecule has 0 aliphatic rings. The maximum absolute atomic E-state index is 6.01. The van der Waals surface area contributed by atoms with Crippen LogP contribution < -0.4 is 10.6 Å². The number of nitrogen functional groups attached to an aromatic ring is 1. The number of benzene rings is 1.